The fourth-order valence-electron chi connectivity index (χ4n) is 6.49. The number of aliphatic hydroxyl groups is 2. The van der Waals surface area contributed by atoms with Gasteiger partial charge in [-0.2, -0.15) is 0 Å². The molecule has 4 aliphatic rings. The Labute approximate surface area is 125 Å². The summed E-state index contributed by atoms with van der Waals surface area (Å²) in [5, 5.41) is 36.4. The van der Waals surface area contributed by atoms with Crippen LogP contribution in [0.15, 0.2) is 0 Å². The normalized spacial score (nSPS) is 59.5. The van der Waals surface area contributed by atoms with Crippen molar-refractivity contribution in [1.82, 2.24) is 0 Å². The molecule has 0 aromatic rings. The van der Waals surface area contributed by atoms with Crippen molar-refractivity contribution in [3.05, 3.63) is 5.21 Å². The van der Waals surface area contributed by atoms with E-state index in [0.717, 1.165) is 6.42 Å². The van der Waals surface area contributed by atoms with E-state index in [1.165, 1.54) is 0 Å². The zero-order chi connectivity index (χ0) is 15.1. The van der Waals surface area contributed by atoms with Gasteiger partial charge in [0.2, 0.25) is 0 Å². The summed E-state index contributed by atoms with van der Waals surface area (Å²) >= 11 is 0. The molecule has 2 N–H and O–H groups in total. The van der Waals surface area contributed by atoms with Gasteiger partial charge < -0.3 is 20.1 Å². The van der Waals surface area contributed by atoms with Crippen molar-refractivity contribution in [2.24, 2.45) is 11.8 Å². The molecule has 0 radical (unpaired) electrons. The summed E-state index contributed by atoms with van der Waals surface area (Å²) in [4.78, 5) is 12.7. The van der Waals surface area contributed by atoms with Crippen molar-refractivity contribution in [2.45, 2.75) is 68.6 Å². The van der Waals surface area contributed by atoms with Gasteiger partial charge >= 0.3 is 0 Å². The average Bonchev–Trinajstić information content (AvgIpc) is 2.38. The second kappa shape index (κ2) is 3.88. The van der Waals surface area contributed by atoms with Crippen LogP contribution in [0.3, 0.4) is 0 Å². The maximum absolute atomic E-state index is 13.6. The first kappa shape index (κ1) is 14.1. The number of piperidine rings is 2. The molecular weight excluding hydrogens is 270 g/mol. The van der Waals surface area contributed by atoms with E-state index in [1.54, 1.807) is 0 Å². The highest BCUT2D eigenvalue weighted by molar-refractivity contribution is 5.91. The van der Waals surface area contributed by atoms with E-state index in [1.807, 2.05) is 0 Å². The molecule has 2 aliphatic heterocycles. The molecule has 0 amide bonds. The number of hydroxylamine groups is 3. The number of rotatable bonds is 0. The van der Waals surface area contributed by atoms with Gasteiger partial charge in [0.25, 0.3) is 0 Å². The van der Waals surface area contributed by atoms with Crippen molar-refractivity contribution in [1.29, 1.82) is 0 Å². The number of carbonyl (C=O) groups is 1. The lowest BCUT2D eigenvalue weighted by atomic mass is 9.44. The summed E-state index contributed by atoms with van der Waals surface area (Å²) in [6.07, 6.45) is 3.67. The topological polar surface area (TPSA) is 80.6 Å². The van der Waals surface area contributed by atoms with Crippen molar-refractivity contribution in [2.75, 3.05) is 13.1 Å². The highest BCUT2D eigenvalue weighted by Crippen LogP contribution is 2.65. The molecule has 2 saturated heterocycles. The molecular formula is C16H25NO4. The Kier molecular flexibility index (Phi) is 2.61. The molecule has 2 bridgehead atoms. The highest BCUT2D eigenvalue weighted by atomic mass is 16.6. The van der Waals surface area contributed by atoms with Crippen LogP contribution in [-0.2, 0) is 4.79 Å². The van der Waals surface area contributed by atoms with Gasteiger partial charge in [0.15, 0.2) is 16.9 Å². The molecule has 0 aromatic carbocycles. The molecule has 118 valence electrons. The fraction of sp³-hybridized carbons (Fsp3) is 0.938. The van der Waals surface area contributed by atoms with Crippen LogP contribution in [0.1, 0.15) is 51.9 Å². The van der Waals surface area contributed by atoms with E-state index in [2.05, 4.69) is 6.92 Å². The monoisotopic (exact) mass is 295 g/mol. The third-order valence-electron chi connectivity index (χ3n) is 7.13. The molecule has 21 heavy (non-hydrogen) atoms. The number of hydrogen-bond donors (Lipinski definition) is 2. The molecule has 4 rings (SSSR count). The predicted octanol–water partition coefficient (Wildman–Crippen LogP) is 1.11. The number of carbonyl (C=O) groups excluding carboxylic acids is 1. The van der Waals surface area contributed by atoms with Crippen LogP contribution in [0, 0.1) is 17.0 Å². The van der Waals surface area contributed by atoms with E-state index in [-0.39, 0.29) is 24.0 Å². The minimum absolute atomic E-state index is 0.154. The molecule has 2 saturated carbocycles. The van der Waals surface area contributed by atoms with Crippen LogP contribution >= 0.6 is 0 Å². The Bertz CT molecular complexity index is 507. The molecule has 2 aliphatic carbocycles. The van der Waals surface area contributed by atoms with Crippen LogP contribution in [0.2, 0.25) is 0 Å². The minimum atomic E-state index is -1.62. The fourth-order valence-corrected chi connectivity index (χ4v) is 6.49. The van der Waals surface area contributed by atoms with E-state index >= 15 is 0 Å². The molecule has 6 atom stereocenters. The SMILES string of the molecule is C[C@@H]1C[C@H]2CC(=O)[C@@]3(O)CCC[N+]4([O-])CCC[C@@]2(O)C34C1. The van der Waals surface area contributed by atoms with Crippen molar-refractivity contribution < 1.29 is 19.7 Å². The lowest BCUT2D eigenvalue weighted by Crippen LogP contribution is -2.91. The third-order valence-corrected chi connectivity index (χ3v) is 7.13. The third kappa shape index (κ3) is 1.31. The summed E-state index contributed by atoms with van der Waals surface area (Å²) in [5.41, 5.74) is -4.00. The number of quaternary nitrogens is 1. The van der Waals surface area contributed by atoms with E-state index in [0.29, 0.717) is 45.2 Å². The smallest absolute Gasteiger partial charge is 0.181 e. The molecule has 2 unspecified atom stereocenters. The minimum Gasteiger partial charge on any atom is -0.632 e. The summed E-state index contributed by atoms with van der Waals surface area (Å²) in [7, 11) is 0. The molecule has 2 heterocycles. The molecule has 0 aromatic heterocycles. The number of nitrogens with zero attached hydrogens (tertiary/aromatic N) is 1. The van der Waals surface area contributed by atoms with Gasteiger partial charge in [-0.3, -0.25) is 4.79 Å². The quantitative estimate of drug-likeness (QED) is 0.518. The van der Waals surface area contributed by atoms with Gasteiger partial charge in [-0.1, -0.05) is 6.92 Å². The van der Waals surface area contributed by atoms with Crippen LogP contribution in [0.5, 0.6) is 0 Å². The number of hydrogen-bond acceptors (Lipinski definition) is 4. The molecule has 1 spiro atoms. The van der Waals surface area contributed by atoms with E-state index < -0.39 is 21.4 Å². The maximum atomic E-state index is 13.6. The second-order valence-corrected chi connectivity index (χ2v) is 8.06. The Morgan fingerprint density at radius 1 is 1.24 bits per heavy atom. The zero-order valence-corrected chi connectivity index (χ0v) is 12.7. The Balaban J connectivity index is 2.00. The average molecular weight is 295 g/mol. The first-order chi connectivity index (χ1) is 9.79. The summed E-state index contributed by atoms with van der Waals surface area (Å²) in [5.74, 6) is -0.0690. The lowest BCUT2D eigenvalue weighted by molar-refractivity contribution is -0.964. The summed E-state index contributed by atoms with van der Waals surface area (Å²) in [6.45, 7) is 2.94. The first-order valence-electron chi connectivity index (χ1n) is 8.35. The van der Waals surface area contributed by atoms with Crippen LogP contribution in [0.4, 0.5) is 0 Å². The van der Waals surface area contributed by atoms with Gasteiger partial charge in [-0.25, -0.2) is 0 Å². The van der Waals surface area contributed by atoms with Crippen LogP contribution in [0.25, 0.3) is 0 Å². The number of ketones is 1. The van der Waals surface area contributed by atoms with E-state index in [9.17, 15) is 20.2 Å². The Hall–Kier alpha value is -0.490. The van der Waals surface area contributed by atoms with Gasteiger partial charge in [0, 0.05) is 25.2 Å². The summed E-state index contributed by atoms with van der Waals surface area (Å²) < 4.78 is -0.549. The molecule has 4 fully saturated rings. The maximum Gasteiger partial charge on any atom is 0.181 e. The standard InChI is InChI=1S/C16H25NO4/c1-11-8-12-9-13(18)15(20)5-3-7-17(21)6-2-4-14(12,19)16(15,17)10-11/h11-12,19-20H,2-10H2,1H3/t11-,12+,14+,15+,16?,17?/m1/s1. The Morgan fingerprint density at radius 3 is 2.62 bits per heavy atom. The molecule has 5 heteroatoms. The van der Waals surface area contributed by atoms with Crippen molar-refractivity contribution in [3.63, 3.8) is 0 Å². The van der Waals surface area contributed by atoms with Gasteiger partial charge in [0.1, 0.15) is 5.60 Å². The highest BCUT2D eigenvalue weighted by Gasteiger charge is 2.81. The van der Waals surface area contributed by atoms with Crippen LogP contribution < -0.4 is 0 Å². The predicted molar refractivity (Wildman–Crippen MR) is 76.0 cm³/mol. The first-order valence-corrected chi connectivity index (χ1v) is 8.35. The zero-order valence-electron chi connectivity index (χ0n) is 12.7. The van der Waals surface area contributed by atoms with Gasteiger partial charge in [0.05, 0.1) is 13.1 Å². The van der Waals surface area contributed by atoms with Crippen molar-refractivity contribution >= 4 is 5.78 Å². The lowest BCUT2D eigenvalue weighted by Gasteiger charge is -2.76. The molecule has 5 nitrogen and oxygen atoms in total. The summed E-state index contributed by atoms with van der Waals surface area (Å²) in [6, 6.07) is 0. The largest absolute Gasteiger partial charge is 0.632 e. The van der Waals surface area contributed by atoms with Gasteiger partial charge in [-0.05, 0) is 31.6 Å². The van der Waals surface area contributed by atoms with Crippen LogP contribution in [-0.4, -0.2) is 50.5 Å². The van der Waals surface area contributed by atoms with Crippen molar-refractivity contribution in [3.8, 4) is 0 Å². The van der Waals surface area contributed by atoms with Gasteiger partial charge in [-0.15, -0.1) is 0 Å². The second-order valence-electron chi connectivity index (χ2n) is 8.06. The Morgan fingerprint density at radius 2 is 1.90 bits per heavy atom. The van der Waals surface area contributed by atoms with E-state index in [4.69, 9.17) is 0 Å². The number of Topliss-reactive ketones (excluding diaryl/α,β-unsaturated/α-hetero) is 1.